The highest BCUT2D eigenvalue weighted by Crippen LogP contribution is 2.21. The molecule has 1 aromatic heterocycles. The Labute approximate surface area is 73.2 Å². The van der Waals surface area contributed by atoms with Crippen LogP contribution in [0.4, 0.5) is 0 Å². The number of hydrogen-bond donors (Lipinski definition) is 1. The van der Waals surface area contributed by atoms with Crippen LogP contribution < -0.4 is 5.73 Å². The van der Waals surface area contributed by atoms with Gasteiger partial charge in [0.25, 0.3) is 0 Å². The van der Waals surface area contributed by atoms with E-state index in [2.05, 4.69) is 4.90 Å². The first kappa shape index (κ1) is 9.29. The van der Waals surface area contributed by atoms with Crippen molar-refractivity contribution < 1.29 is 4.42 Å². The molecule has 1 aromatic rings. The molecular formula is C9H16N2O. The van der Waals surface area contributed by atoms with Gasteiger partial charge in [-0.3, -0.25) is 4.90 Å². The summed E-state index contributed by atoms with van der Waals surface area (Å²) in [6, 6.07) is 4.20. The van der Waals surface area contributed by atoms with Crippen molar-refractivity contribution >= 4 is 0 Å². The van der Waals surface area contributed by atoms with Crippen LogP contribution in [-0.2, 0) is 0 Å². The van der Waals surface area contributed by atoms with E-state index in [-0.39, 0.29) is 0 Å². The third-order valence-electron chi connectivity index (χ3n) is 1.94. The number of furan rings is 1. The average molecular weight is 168 g/mol. The van der Waals surface area contributed by atoms with Crippen LogP contribution in [0.25, 0.3) is 0 Å². The van der Waals surface area contributed by atoms with Crippen molar-refractivity contribution in [2.24, 2.45) is 5.73 Å². The molecule has 0 saturated carbocycles. The Morgan fingerprint density at radius 1 is 1.58 bits per heavy atom. The summed E-state index contributed by atoms with van der Waals surface area (Å²) in [7, 11) is 4.06. The second-order valence-electron chi connectivity index (χ2n) is 3.07. The van der Waals surface area contributed by atoms with Crippen molar-refractivity contribution in [3.8, 4) is 0 Å². The second-order valence-corrected chi connectivity index (χ2v) is 3.07. The van der Waals surface area contributed by atoms with E-state index < -0.39 is 0 Å². The molecule has 1 heterocycles. The highest BCUT2D eigenvalue weighted by molar-refractivity contribution is 5.04. The molecule has 0 aliphatic rings. The van der Waals surface area contributed by atoms with E-state index in [9.17, 15) is 0 Å². The summed E-state index contributed by atoms with van der Waals surface area (Å²) in [6.07, 6.45) is 2.63. The maximum absolute atomic E-state index is 5.50. The topological polar surface area (TPSA) is 42.4 Å². The summed E-state index contributed by atoms with van der Waals surface area (Å²) >= 11 is 0. The normalized spacial score (nSPS) is 13.7. The fraction of sp³-hybridized carbons (Fsp3) is 0.556. The molecule has 1 atom stereocenters. The molecule has 1 rings (SSSR count). The largest absolute Gasteiger partial charge is 0.468 e. The van der Waals surface area contributed by atoms with Gasteiger partial charge < -0.3 is 10.2 Å². The van der Waals surface area contributed by atoms with E-state index in [1.165, 1.54) is 0 Å². The molecule has 0 fully saturated rings. The van der Waals surface area contributed by atoms with Gasteiger partial charge in [0.1, 0.15) is 5.76 Å². The van der Waals surface area contributed by atoms with Crippen LogP contribution in [0.5, 0.6) is 0 Å². The summed E-state index contributed by atoms with van der Waals surface area (Å²) < 4.78 is 5.31. The van der Waals surface area contributed by atoms with E-state index in [4.69, 9.17) is 10.2 Å². The predicted molar refractivity (Wildman–Crippen MR) is 48.8 cm³/mol. The number of nitrogens with zero attached hydrogens (tertiary/aromatic N) is 1. The van der Waals surface area contributed by atoms with E-state index in [0.717, 1.165) is 12.2 Å². The van der Waals surface area contributed by atoms with Gasteiger partial charge in [-0.1, -0.05) is 0 Å². The lowest BCUT2D eigenvalue weighted by Crippen LogP contribution is -2.22. The number of nitrogens with two attached hydrogens (primary N) is 1. The molecule has 0 aromatic carbocycles. The minimum absolute atomic E-state index is 0.310. The van der Waals surface area contributed by atoms with Crippen LogP contribution >= 0.6 is 0 Å². The average Bonchev–Trinajstić information content (AvgIpc) is 2.51. The second kappa shape index (κ2) is 4.28. The SMILES string of the molecule is CN(C)C(CCN)c1ccco1. The first-order valence-corrected chi connectivity index (χ1v) is 4.15. The minimum Gasteiger partial charge on any atom is -0.468 e. The van der Waals surface area contributed by atoms with Gasteiger partial charge >= 0.3 is 0 Å². The highest BCUT2D eigenvalue weighted by Gasteiger charge is 2.14. The molecule has 68 valence electrons. The molecule has 0 aliphatic heterocycles. The van der Waals surface area contributed by atoms with Gasteiger partial charge in [0.15, 0.2) is 0 Å². The van der Waals surface area contributed by atoms with Gasteiger partial charge in [0.05, 0.1) is 12.3 Å². The zero-order valence-corrected chi connectivity index (χ0v) is 7.66. The lowest BCUT2D eigenvalue weighted by atomic mass is 10.1. The Balaban J connectivity index is 2.66. The summed E-state index contributed by atoms with van der Waals surface area (Å²) in [6.45, 7) is 0.684. The van der Waals surface area contributed by atoms with E-state index in [1.54, 1.807) is 6.26 Å². The van der Waals surface area contributed by atoms with Crippen LogP contribution in [0.1, 0.15) is 18.2 Å². The smallest absolute Gasteiger partial charge is 0.120 e. The Morgan fingerprint density at radius 3 is 2.75 bits per heavy atom. The van der Waals surface area contributed by atoms with Gasteiger partial charge in [0, 0.05) is 0 Å². The predicted octanol–water partition coefficient (Wildman–Crippen LogP) is 1.23. The maximum Gasteiger partial charge on any atom is 0.120 e. The summed E-state index contributed by atoms with van der Waals surface area (Å²) in [4.78, 5) is 2.12. The fourth-order valence-electron chi connectivity index (χ4n) is 1.29. The van der Waals surface area contributed by atoms with Crippen LogP contribution in [-0.4, -0.2) is 25.5 Å². The van der Waals surface area contributed by atoms with Gasteiger partial charge in [-0.25, -0.2) is 0 Å². The lowest BCUT2D eigenvalue weighted by Gasteiger charge is -2.21. The molecule has 0 spiro atoms. The number of hydrogen-bond acceptors (Lipinski definition) is 3. The van der Waals surface area contributed by atoms with Gasteiger partial charge in [-0.05, 0) is 39.2 Å². The van der Waals surface area contributed by atoms with Gasteiger partial charge in [0.2, 0.25) is 0 Å². The maximum atomic E-state index is 5.50. The van der Waals surface area contributed by atoms with E-state index in [1.807, 2.05) is 26.2 Å². The lowest BCUT2D eigenvalue weighted by molar-refractivity contribution is 0.248. The first-order chi connectivity index (χ1) is 5.75. The van der Waals surface area contributed by atoms with Crippen LogP contribution in [0.3, 0.4) is 0 Å². The standard InChI is InChI=1S/C9H16N2O/c1-11(2)8(5-6-10)9-4-3-7-12-9/h3-4,7-8H,5-6,10H2,1-2H3. The summed E-state index contributed by atoms with van der Waals surface area (Å²) in [5.41, 5.74) is 5.50. The molecule has 2 N–H and O–H groups in total. The molecule has 3 nitrogen and oxygen atoms in total. The van der Waals surface area contributed by atoms with Crippen molar-refractivity contribution in [1.82, 2.24) is 4.90 Å². The molecule has 3 heteroatoms. The van der Waals surface area contributed by atoms with E-state index >= 15 is 0 Å². The Hall–Kier alpha value is -0.800. The molecule has 0 amide bonds. The van der Waals surface area contributed by atoms with Crippen LogP contribution in [0, 0.1) is 0 Å². The fourth-order valence-corrected chi connectivity index (χ4v) is 1.29. The molecular weight excluding hydrogens is 152 g/mol. The van der Waals surface area contributed by atoms with Crippen molar-refractivity contribution in [2.75, 3.05) is 20.6 Å². The first-order valence-electron chi connectivity index (χ1n) is 4.15. The van der Waals surface area contributed by atoms with Crippen LogP contribution in [0.2, 0.25) is 0 Å². The number of rotatable bonds is 4. The molecule has 0 aliphatic carbocycles. The third-order valence-corrected chi connectivity index (χ3v) is 1.94. The van der Waals surface area contributed by atoms with Crippen molar-refractivity contribution in [1.29, 1.82) is 0 Å². The Bertz CT molecular complexity index is 206. The van der Waals surface area contributed by atoms with E-state index in [0.29, 0.717) is 12.6 Å². The van der Waals surface area contributed by atoms with Gasteiger partial charge in [-0.15, -0.1) is 0 Å². The highest BCUT2D eigenvalue weighted by atomic mass is 16.3. The molecule has 0 saturated heterocycles. The van der Waals surface area contributed by atoms with Crippen LogP contribution in [0.15, 0.2) is 22.8 Å². The third kappa shape index (κ3) is 2.09. The van der Waals surface area contributed by atoms with Crippen molar-refractivity contribution in [2.45, 2.75) is 12.5 Å². The van der Waals surface area contributed by atoms with Crippen molar-refractivity contribution in [3.63, 3.8) is 0 Å². The Kier molecular flexibility index (Phi) is 3.31. The van der Waals surface area contributed by atoms with Gasteiger partial charge in [-0.2, -0.15) is 0 Å². The zero-order chi connectivity index (χ0) is 8.97. The quantitative estimate of drug-likeness (QED) is 0.735. The molecule has 1 unspecified atom stereocenters. The van der Waals surface area contributed by atoms with Crippen molar-refractivity contribution in [3.05, 3.63) is 24.2 Å². The Morgan fingerprint density at radius 2 is 2.33 bits per heavy atom. The monoisotopic (exact) mass is 168 g/mol. The minimum atomic E-state index is 0.310. The molecule has 0 radical (unpaired) electrons. The summed E-state index contributed by atoms with van der Waals surface area (Å²) in [5.74, 6) is 0.991. The zero-order valence-electron chi connectivity index (χ0n) is 7.66. The molecule has 0 bridgehead atoms. The summed E-state index contributed by atoms with van der Waals surface area (Å²) in [5, 5.41) is 0. The molecule has 12 heavy (non-hydrogen) atoms.